The molecule has 0 radical (unpaired) electrons. The second-order valence-corrected chi connectivity index (χ2v) is 4.29. The van der Waals surface area contributed by atoms with Gasteiger partial charge in [-0.05, 0) is 47.6 Å². The fourth-order valence-corrected chi connectivity index (χ4v) is 2.09. The van der Waals surface area contributed by atoms with Crippen molar-refractivity contribution in [2.45, 2.75) is 13.8 Å². The zero-order valence-electron chi connectivity index (χ0n) is 6.21. The molecule has 0 nitrogen and oxygen atoms in total. The van der Waals surface area contributed by atoms with Gasteiger partial charge in [0.2, 0.25) is 0 Å². The van der Waals surface area contributed by atoms with E-state index in [9.17, 15) is 0 Å². The Kier molecular flexibility index (Phi) is 3.06. The lowest BCUT2D eigenvalue weighted by atomic mass is 10.2. The van der Waals surface area contributed by atoms with Gasteiger partial charge >= 0.3 is 0 Å². The fourth-order valence-electron chi connectivity index (χ4n) is 0.894. The van der Waals surface area contributed by atoms with Crippen molar-refractivity contribution in [3.05, 3.63) is 30.8 Å². The Hall–Kier alpha value is 0.530. The van der Waals surface area contributed by atoms with Crippen LogP contribution in [0.25, 0.3) is 0 Å². The highest BCUT2D eigenvalue weighted by atomic mass is 127. The van der Waals surface area contributed by atoms with Gasteiger partial charge in [-0.1, -0.05) is 29.3 Å². The molecule has 11 heavy (non-hydrogen) atoms. The molecule has 0 aliphatic heterocycles. The second kappa shape index (κ2) is 3.50. The number of hydrogen-bond donors (Lipinski definition) is 0. The normalized spacial score (nSPS) is 10.3. The SMILES string of the molecule is Cc1cc(C)c(Cl)c(I)c1Cl. The first-order chi connectivity index (χ1) is 5.04. The number of hydrogen-bond acceptors (Lipinski definition) is 0. The maximum absolute atomic E-state index is 5.96. The van der Waals surface area contributed by atoms with Crippen molar-refractivity contribution in [1.29, 1.82) is 0 Å². The number of aryl methyl sites for hydroxylation is 2. The smallest absolute Gasteiger partial charge is 0.0583 e. The number of halogens is 3. The van der Waals surface area contributed by atoms with Crippen LogP contribution in [0.5, 0.6) is 0 Å². The first kappa shape index (κ1) is 9.62. The lowest BCUT2D eigenvalue weighted by Crippen LogP contribution is -1.86. The average Bonchev–Trinajstić information content (AvgIpc) is 1.97. The predicted octanol–water partition coefficient (Wildman–Crippen LogP) is 4.21. The molecule has 1 aromatic rings. The molecule has 3 heteroatoms. The van der Waals surface area contributed by atoms with Crippen molar-refractivity contribution in [2.24, 2.45) is 0 Å². The highest BCUT2D eigenvalue weighted by Crippen LogP contribution is 2.31. The average molecular weight is 301 g/mol. The largest absolute Gasteiger partial charge is 0.0828 e. The minimum absolute atomic E-state index is 0.765. The molecule has 0 aromatic heterocycles. The third kappa shape index (κ3) is 1.82. The summed E-state index contributed by atoms with van der Waals surface area (Å²) in [6.45, 7) is 3.96. The van der Waals surface area contributed by atoms with E-state index in [0.29, 0.717) is 0 Å². The van der Waals surface area contributed by atoms with E-state index in [2.05, 4.69) is 22.6 Å². The van der Waals surface area contributed by atoms with Gasteiger partial charge in [-0.2, -0.15) is 0 Å². The topological polar surface area (TPSA) is 0 Å². The quantitative estimate of drug-likeness (QED) is 0.497. The van der Waals surface area contributed by atoms with Gasteiger partial charge in [0, 0.05) is 0 Å². The zero-order valence-corrected chi connectivity index (χ0v) is 9.88. The van der Waals surface area contributed by atoms with Crippen LogP contribution in [0.3, 0.4) is 0 Å². The maximum Gasteiger partial charge on any atom is 0.0583 e. The van der Waals surface area contributed by atoms with E-state index in [4.69, 9.17) is 23.2 Å². The molecule has 0 N–H and O–H groups in total. The first-order valence-corrected chi connectivity index (χ1v) is 4.98. The van der Waals surface area contributed by atoms with Crippen molar-refractivity contribution in [3.63, 3.8) is 0 Å². The molecule has 0 aliphatic rings. The van der Waals surface area contributed by atoms with Crippen LogP contribution in [-0.2, 0) is 0 Å². The summed E-state index contributed by atoms with van der Waals surface area (Å²) >= 11 is 14.1. The molecule has 0 saturated heterocycles. The Morgan fingerprint density at radius 2 is 1.45 bits per heavy atom. The van der Waals surface area contributed by atoms with Crippen LogP contribution in [0.15, 0.2) is 6.07 Å². The van der Waals surface area contributed by atoms with E-state index in [1.807, 2.05) is 19.9 Å². The molecule has 0 unspecified atom stereocenters. The Morgan fingerprint density at radius 1 is 1.09 bits per heavy atom. The van der Waals surface area contributed by atoms with Gasteiger partial charge in [-0.3, -0.25) is 0 Å². The molecule has 0 aliphatic carbocycles. The van der Waals surface area contributed by atoms with E-state index in [-0.39, 0.29) is 0 Å². The standard InChI is InChI=1S/C8H7Cl2I/c1-4-3-5(2)7(10)8(11)6(4)9/h3H,1-2H3. The molecule has 0 fully saturated rings. The summed E-state index contributed by atoms with van der Waals surface area (Å²) in [5.74, 6) is 0. The third-order valence-electron chi connectivity index (χ3n) is 1.51. The van der Waals surface area contributed by atoms with Gasteiger partial charge in [0.05, 0.1) is 13.6 Å². The van der Waals surface area contributed by atoms with E-state index in [0.717, 1.165) is 24.7 Å². The zero-order chi connectivity index (χ0) is 8.59. The molecule has 1 aromatic carbocycles. The van der Waals surface area contributed by atoms with Gasteiger partial charge in [0.25, 0.3) is 0 Å². The summed E-state index contributed by atoms with van der Waals surface area (Å²) in [5.41, 5.74) is 2.16. The molecule has 0 amide bonds. The molecule has 0 heterocycles. The Balaban J connectivity index is 3.46. The Bertz CT molecular complexity index is 268. The maximum atomic E-state index is 5.96. The molecule has 0 spiro atoms. The lowest BCUT2D eigenvalue weighted by Gasteiger charge is -2.05. The van der Waals surface area contributed by atoms with Gasteiger partial charge in [-0.15, -0.1) is 0 Å². The molecule has 0 atom stereocenters. The fraction of sp³-hybridized carbons (Fsp3) is 0.250. The number of rotatable bonds is 0. The molecule has 0 bridgehead atoms. The number of benzene rings is 1. The molecule has 60 valence electrons. The summed E-state index contributed by atoms with van der Waals surface area (Å²) in [5, 5.41) is 1.53. The van der Waals surface area contributed by atoms with Crippen molar-refractivity contribution >= 4 is 45.8 Å². The molecular weight excluding hydrogens is 294 g/mol. The van der Waals surface area contributed by atoms with Crippen LogP contribution in [0, 0.1) is 17.4 Å². The highest BCUT2D eigenvalue weighted by Gasteiger charge is 2.07. The van der Waals surface area contributed by atoms with Crippen LogP contribution in [0.1, 0.15) is 11.1 Å². The van der Waals surface area contributed by atoms with Gasteiger partial charge in [0.15, 0.2) is 0 Å². The van der Waals surface area contributed by atoms with Gasteiger partial charge < -0.3 is 0 Å². The first-order valence-electron chi connectivity index (χ1n) is 3.14. The Morgan fingerprint density at radius 3 is 1.82 bits per heavy atom. The third-order valence-corrected chi connectivity index (χ3v) is 4.20. The molecule has 1 rings (SSSR count). The summed E-state index contributed by atoms with van der Waals surface area (Å²) in [4.78, 5) is 0. The Labute approximate surface area is 90.0 Å². The van der Waals surface area contributed by atoms with Crippen LogP contribution in [0.2, 0.25) is 10.0 Å². The van der Waals surface area contributed by atoms with E-state index >= 15 is 0 Å². The van der Waals surface area contributed by atoms with Crippen LogP contribution < -0.4 is 0 Å². The van der Waals surface area contributed by atoms with Crippen LogP contribution in [0.4, 0.5) is 0 Å². The second-order valence-electron chi connectivity index (χ2n) is 2.45. The van der Waals surface area contributed by atoms with Crippen molar-refractivity contribution in [1.82, 2.24) is 0 Å². The van der Waals surface area contributed by atoms with E-state index < -0.39 is 0 Å². The van der Waals surface area contributed by atoms with E-state index in [1.165, 1.54) is 0 Å². The summed E-state index contributed by atoms with van der Waals surface area (Å²) < 4.78 is 0.948. The van der Waals surface area contributed by atoms with Crippen molar-refractivity contribution in [3.8, 4) is 0 Å². The highest BCUT2D eigenvalue weighted by molar-refractivity contribution is 14.1. The van der Waals surface area contributed by atoms with Crippen molar-refractivity contribution < 1.29 is 0 Å². The van der Waals surface area contributed by atoms with Gasteiger partial charge in [0.1, 0.15) is 0 Å². The molecule has 0 saturated carbocycles. The monoisotopic (exact) mass is 300 g/mol. The molecular formula is C8H7Cl2I. The predicted molar refractivity (Wildman–Crippen MR) is 58.7 cm³/mol. The lowest BCUT2D eigenvalue weighted by molar-refractivity contribution is 1.36. The van der Waals surface area contributed by atoms with Crippen LogP contribution in [-0.4, -0.2) is 0 Å². The minimum Gasteiger partial charge on any atom is -0.0828 e. The van der Waals surface area contributed by atoms with E-state index in [1.54, 1.807) is 0 Å². The summed E-state index contributed by atoms with van der Waals surface area (Å²) in [6.07, 6.45) is 0. The minimum atomic E-state index is 0.765. The van der Waals surface area contributed by atoms with Crippen LogP contribution >= 0.6 is 45.8 Å². The summed E-state index contributed by atoms with van der Waals surface area (Å²) in [7, 11) is 0. The van der Waals surface area contributed by atoms with Crippen molar-refractivity contribution in [2.75, 3.05) is 0 Å². The van der Waals surface area contributed by atoms with Gasteiger partial charge in [-0.25, -0.2) is 0 Å². The summed E-state index contributed by atoms with van der Waals surface area (Å²) in [6, 6.07) is 1.99.